The van der Waals surface area contributed by atoms with E-state index in [-0.39, 0.29) is 30.4 Å². The van der Waals surface area contributed by atoms with Crippen LogP contribution in [0.4, 0.5) is 4.39 Å². The summed E-state index contributed by atoms with van der Waals surface area (Å²) in [7, 11) is 0. The number of H-pyrrole nitrogens is 1. The first-order valence-electron chi connectivity index (χ1n) is 7.83. The second kappa shape index (κ2) is 7.97. The van der Waals surface area contributed by atoms with Gasteiger partial charge in [-0.15, -0.1) is 5.10 Å². The van der Waals surface area contributed by atoms with Gasteiger partial charge in [0, 0.05) is 16.7 Å². The summed E-state index contributed by atoms with van der Waals surface area (Å²) in [5, 5.41) is 10.8. The smallest absolute Gasteiger partial charge is 0.361 e. The number of carbonyl (C=O) groups excluding carboxylic acids is 1. The summed E-state index contributed by atoms with van der Waals surface area (Å²) < 4.78 is 24.4. The number of benzene rings is 2. The number of hydrogen-bond acceptors (Lipinski definition) is 5. The maximum Gasteiger partial charge on any atom is 0.361 e. The molecule has 0 saturated heterocycles. The average Bonchev–Trinajstić information content (AvgIpc) is 3.11. The molecule has 0 bridgehead atoms. The first-order valence-corrected chi connectivity index (χ1v) is 8.21. The van der Waals surface area contributed by atoms with Crippen molar-refractivity contribution in [2.45, 2.75) is 13.5 Å². The van der Waals surface area contributed by atoms with Crippen LogP contribution in [0.2, 0.25) is 5.02 Å². The van der Waals surface area contributed by atoms with E-state index in [0.717, 1.165) is 5.56 Å². The van der Waals surface area contributed by atoms with Gasteiger partial charge in [0.15, 0.2) is 5.69 Å². The van der Waals surface area contributed by atoms with Crippen LogP contribution in [0.3, 0.4) is 0 Å². The van der Waals surface area contributed by atoms with Crippen molar-refractivity contribution in [3.8, 4) is 17.0 Å². The molecule has 0 spiro atoms. The molecule has 0 aliphatic rings. The van der Waals surface area contributed by atoms with E-state index in [4.69, 9.17) is 21.1 Å². The molecule has 0 radical (unpaired) electrons. The summed E-state index contributed by atoms with van der Waals surface area (Å²) in [5.74, 6) is -0.857. The van der Waals surface area contributed by atoms with Crippen molar-refractivity contribution in [2.75, 3.05) is 6.61 Å². The number of halogens is 2. The molecule has 0 unspecified atom stereocenters. The van der Waals surface area contributed by atoms with E-state index in [0.29, 0.717) is 10.6 Å². The molecule has 2 aromatic carbocycles. The van der Waals surface area contributed by atoms with Gasteiger partial charge in [0.05, 0.1) is 6.61 Å². The van der Waals surface area contributed by atoms with E-state index in [9.17, 15) is 9.18 Å². The molecule has 8 heteroatoms. The van der Waals surface area contributed by atoms with Crippen LogP contribution in [-0.2, 0) is 11.3 Å². The normalized spacial score (nSPS) is 10.6. The van der Waals surface area contributed by atoms with Crippen molar-refractivity contribution >= 4 is 17.6 Å². The summed E-state index contributed by atoms with van der Waals surface area (Å²) in [6, 6.07) is 11.1. The lowest BCUT2D eigenvalue weighted by Gasteiger charge is -2.11. The lowest BCUT2D eigenvalue weighted by atomic mass is 10.1. The number of aromatic amines is 1. The van der Waals surface area contributed by atoms with Crippen LogP contribution in [0.1, 0.15) is 23.0 Å². The van der Waals surface area contributed by atoms with Crippen LogP contribution >= 0.6 is 11.6 Å². The predicted molar refractivity (Wildman–Crippen MR) is 93.5 cm³/mol. The van der Waals surface area contributed by atoms with Crippen molar-refractivity contribution in [3.05, 3.63) is 64.6 Å². The Morgan fingerprint density at radius 1 is 1.19 bits per heavy atom. The highest BCUT2D eigenvalue weighted by molar-refractivity contribution is 6.30. The summed E-state index contributed by atoms with van der Waals surface area (Å²) in [5.41, 5.74) is 1.52. The molecule has 1 N–H and O–H groups in total. The SMILES string of the molecule is CCOC(=O)c1n[nH]nc1-c1ccc(F)cc1OCc1ccc(Cl)cc1. The van der Waals surface area contributed by atoms with Crippen LogP contribution in [-0.4, -0.2) is 28.0 Å². The molecule has 0 fully saturated rings. The minimum absolute atomic E-state index is 0.00908. The zero-order chi connectivity index (χ0) is 18.5. The van der Waals surface area contributed by atoms with E-state index >= 15 is 0 Å². The second-order valence-corrected chi connectivity index (χ2v) is 5.73. The zero-order valence-corrected chi connectivity index (χ0v) is 14.6. The van der Waals surface area contributed by atoms with E-state index in [1.807, 2.05) is 0 Å². The van der Waals surface area contributed by atoms with Crippen LogP contribution < -0.4 is 4.74 Å². The molecular formula is C18H15ClFN3O3. The first-order chi connectivity index (χ1) is 12.6. The van der Waals surface area contributed by atoms with Gasteiger partial charge in [0.25, 0.3) is 0 Å². The van der Waals surface area contributed by atoms with Crippen molar-refractivity contribution in [2.24, 2.45) is 0 Å². The Morgan fingerprint density at radius 3 is 2.69 bits per heavy atom. The Hall–Kier alpha value is -2.93. The molecule has 3 rings (SSSR count). The van der Waals surface area contributed by atoms with Gasteiger partial charge in [-0.3, -0.25) is 0 Å². The summed E-state index contributed by atoms with van der Waals surface area (Å²) in [4.78, 5) is 12.0. The molecule has 0 amide bonds. The molecule has 26 heavy (non-hydrogen) atoms. The molecule has 6 nitrogen and oxygen atoms in total. The predicted octanol–water partition coefficient (Wildman–Crippen LogP) is 4.02. The van der Waals surface area contributed by atoms with Crippen LogP contribution in [0.15, 0.2) is 42.5 Å². The van der Waals surface area contributed by atoms with Gasteiger partial charge in [0.1, 0.15) is 23.9 Å². The van der Waals surface area contributed by atoms with E-state index in [1.54, 1.807) is 31.2 Å². The summed E-state index contributed by atoms with van der Waals surface area (Å²) >= 11 is 5.86. The number of rotatable bonds is 6. The number of ether oxygens (including phenoxy) is 2. The van der Waals surface area contributed by atoms with Gasteiger partial charge in [-0.25, -0.2) is 9.18 Å². The maximum absolute atomic E-state index is 13.7. The fourth-order valence-electron chi connectivity index (χ4n) is 2.31. The highest BCUT2D eigenvalue weighted by Crippen LogP contribution is 2.32. The minimum atomic E-state index is -0.621. The number of nitrogens with zero attached hydrogens (tertiary/aromatic N) is 2. The first kappa shape index (κ1) is 17.9. The van der Waals surface area contributed by atoms with Gasteiger partial charge in [0.2, 0.25) is 0 Å². The van der Waals surface area contributed by atoms with Gasteiger partial charge in [-0.2, -0.15) is 10.3 Å². The Kier molecular flexibility index (Phi) is 5.48. The Balaban J connectivity index is 1.90. The number of aromatic nitrogens is 3. The number of nitrogens with one attached hydrogen (secondary N) is 1. The third-order valence-corrected chi connectivity index (χ3v) is 3.78. The molecule has 134 valence electrons. The third-order valence-electron chi connectivity index (χ3n) is 3.52. The van der Waals surface area contributed by atoms with Crippen LogP contribution in [0, 0.1) is 5.82 Å². The van der Waals surface area contributed by atoms with E-state index < -0.39 is 11.8 Å². The Labute approximate surface area is 153 Å². The average molecular weight is 376 g/mol. The van der Waals surface area contributed by atoms with Crippen molar-refractivity contribution < 1.29 is 18.7 Å². The number of hydrogen-bond donors (Lipinski definition) is 1. The molecule has 3 aromatic rings. The molecule has 1 heterocycles. The minimum Gasteiger partial charge on any atom is -0.488 e. The molecule has 1 aromatic heterocycles. The number of carbonyl (C=O) groups is 1. The third kappa shape index (κ3) is 4.00. The lowest BCUT2D eigenvalue weighted by molar-refractivity contribution is 0.0520. The van der Waals surface area contributed by atoms with Gasteiger partial charge in [-0.1, -0.05) is 23.7 Å². The van der Waals surface area contributed by atoms with Gasteiger partial charge < -0.3 is 9.47 Å². The highest BCUT2D eigenvalue weighted by Gasteiger charge is 2.22. The van der Waals surface area contributed by atoms with Crippen LogP contribution in [0.5, 0.6) is 5.75 Å². The number of esters is 1. The van der Waals surface area contributed by atoms with E-state index in [1.165, 1.54) is 18.2 Å². The molecule has 0 aliphatic heterocycles. The molecule has 0 atom stereocenters. The fraction of sp³-hybridized carbons (Fsp3) is 0.167. The quantitative estimate of drug-likeness (QED) is 0.658. The van der Waals surface area contributed by atoms with Gasteiger partial charge >= 0.3 is 5.97 Å². The topological polar surface area (TPSA) is 77.1 Å². The molecular weight excluding hydrogens is 361 g/mol. The van der Waals surface area contributed by atoms with Crippen LogP contribution in [0.25, 0.3) is 11.3 Å². The largest absolute Gasteiger partial charge is 0.488 e. The fourth-order valence-corrected chi connectivity index (χ4v) is 2.44. The molecule has 0 saturated carbocycles. The van der Waals surface area contributed by atoms with Gasteiger partial charge in [-0.05, 0) is 36.8 Å². The standard InChI is InChI=1S/C18H15ClFN3O3/c1-2-25-18(24)17-16(21-23-22-17)14-8-7-13(20)9-15(14)26-10-11-3-5-12(19)6-4-11/h3-9H,2,10H2,1H3,(H,21,22,23). The zero-order valence-electron chi connectivity index (χ0n) is 13.8. The summed E-state index contributed by atoms with van der Waals surface area (Å²) in [6.07, 6.45) is 0. The monoisotopic (exact) mass is 375 g/mol. The Bertz CT molecular complexity index is 912. The van der Waals surface area contributed by atoms with E-state index in [2.05, 4.69) is 15.4 Å². The van der Waals surface area contributed by atoms with Crippen molar-refractivity contribution in [1.29, 1.82) is 0 Å². The van der Waals surface area contributed by atoms with Crippen molar-refractivity contribution in [3.63, 3.8) is 0 Å². The highest BCUT2D eigenvalue weighted by atomic mass is 35.5. The summed E-state index contributed by atoms with van der Waals surface area (Å²) in [6.45, 7) is 2.09. The maximum atomic E-state index is 13.7. The Morgan fingerprint density at radius 2 is 1.96 bits per heavy atom. The lowest BCUT2D eigenvalue weighted by Crippen LogP contribution is -2.07. The van der Waals surface area contributed by atoms with Crippen molar-refractivity contribution in [1.82, 2.24) is 15.4 Å². The molecule has 0 aliphatic carbocycles. The second-order valence-electron chi connectivity index (χ2n) is 5.30.